The summed E-state index contributed by atoms with van der Waals surface area (Å²) in [5.74, 6) is 1.52. The van der Waals surface area contributed by atoms with Gasteiger partial charge in [0, 0.05) is 30.9 Å². The van der Waals surface area contributed by atoms with E-state index < -0.39 is 5.60 Å². The Balaban J connectivity index is 1.77. The molecule has 4 heterocycles. The summed E-state index contributed by atoms with van der Waals surface area (Å²) in [6.45, 7) is 4.32. The molecule has 6 nitrogen and oxygen atoms in total. The van der Waals surface area contributed by atoms with Crippen LogP contribution in [-0.2, 0) is 18.6 Å². The molecule has 0 unspecified atom stereocenters. The average Bonchev–Trinajstić information content (AvgIpc) is 3.06. The molecule has 22 heavy (non-hydrogen) atoms. The third-order valence-corrected chi connectivity index (χ3v) is 3.95. The van der Waals surface area contributed by atoms with Crippen molar-refractivity contribution in [2.45, 2.75) is 38.8 Å². The third kappa shape index (κ3) is 2.07. The SMILES string of the molecule is CC(C)(O)c1ncc(-c2ccc3nc4n(c3n2)CCC4)cn1. The maximum Gasteiger partial charge on any atom is 0.160 e. The Morgan fingerprint density at radius 3 is 2.64 bits per heavy atom. The van der Waals surface area contributed by atoms with Gasteiger partial charge in [-0.05, 0) is 32.4 Å². The number of nitrogens with zero attached hydrogens (tertiary/aromatic N) is 5. The highest BCUT2D eigenvalue weighted by atomic mass is 16.3. The Labute approximate surface area is 127 Å². The van der Waals surface area contributed by atoms with E-state index in [9.17, 15) is 5.11 Å². The van der Waals surface area contributed by atoms with Gasteiger partial charge in [-0.2, -0.15) is 0 Å². The fourth-order valence-electron chi connectivity index (χ4n) is 2.81. The lowest BCUT2D eigenvalue weighted by molar-refractivity contribution is 0.0687. The molecule has 0 saturated heterocycles. The van der Waals surface area contributed by atoms with Gasteiger partial charge in [-0.15, -0.1) is 0 Å². The molecule has 0 bridgehead atoms. The summed E-state index contributed by atoms with van der Waals surface area (Å²) in [5.41, 5.74) is 2.49. The van der Waals surface area contributed by atoms with Crippen LogP contribution in [0.15, 0.2) is 24.5 Å². The molecule has 0 fully saturated rings. The highest BCUT2D eigenvalue weighted by Gasteiger charge is 2.20. The van der Waals surface area contributed by atoms with E-state index >= 15 is 0 Å². The highest BCUT2D eigenvalue weighted by molar-refractivity contribution is 5.76. The molecular weight excluding hydrogens is 278 g/mol. The van der Waals surface area contributed by atoms with Crippen LogP contribution in [0.2, 0.25) is 0 Å². The lowest BCUT2D eigenvalue weighted by Crippen LogP contribution is -2.19. The summed E-state index contributed by atoms with van der Waals surface area (Å²) in [6.07, 6.45) is 5.56. The lowest BCUT2D eigenvalue weighted by atomic mass is 10.1. The summed E-state index contributed by atoms with van der Waals surface area (Å²) >= 11 is 0. The van der Waals surface area contributed by atoms with Gasteiger partial charge in [0.2, 0.25) is 0 Å². The molecular formula is C16H17N5O. The molecule has 0 radical (unpaired) electrons. The summed E-state index contributed by atoms with van der Waals surface area (Å²) in [7, 11) is 0. The van der Waals surface area contributed by atoms with Crippen molar-refractivity contribution in [2.75, 3.05) is 0 Å². The number of hydrogen-bond acceptors (Lipinski definition) is 5. The Kier molecular flexibility index (Phi) is 2.77. The predicted molar refractivity (Wildman–Crippen MR) is 82.1 cm³/mol. The molecule has 0 spiro atoms. The van der Waals surface area contributed by atoms with E-state index in [0.717, 1.165) is 47.6 Å². The lowest BCUT2D eigenvalue weighted by Gasteiger charge is -2.14. The number of aliphatic hydroxyl groups is 1. The Morgan fingerprint density at radius 1 is 1.14 bits per heavy atom. The number of pyridine rings is 1. The molecule has 4 rings (SSSR count). The first-order valence-corrected chi connectivity index (χ1v) is 7.44. The Bertz CT molecular complexity index is 845. The van der Waals surface area contributed by atoms with Crippen molar-refractivity contribution in [1.29, 1.82) is 0 Å². The van der Waals surface area contributed by atoms with Crippen molar-refractivity contribution in [3.05, 3.63) is 36.2 Å². The first kappa shape index (κ1) is 13.3. The van der Waals surface area contributed by atoms with Gasteiger partial charge in [-0.1, -0.05) is 0 Å². The zero-order valence-corrected chi connectivity index (χ0v) is 12.6. The first-order valence-electron chi connectivity index (χ1n) is 7.44. The summed E-state index contributed by atoms with van der Waals surface area (Å²) < 4.78 is 2.19. The molecule has 3 aromatic heterocycles. The molecule has 6 heteroatoms. The molecule has 1 aliphatic rings. The number of aromatic nitrogens is 5. The molecule has 3 aromatic rings. The van der Waals surface area contributed by atoms with Crippen LogP contribution in [-0.4, -0.2) is 29.6 Å². The molecule has 112 valence electrons. The minimum atomic E-state index is -1.04. The van der Waals surface area contributed by atoms with Crippen LogP contribution in [0.3, 0.4) is 0 Å². The first-order chi connectivity index (χ1) is 10.5. The van der Waals surface area contributed by atoms with Crippen LogP contribution in [0, 0.1) is 0 Å². The standard InChI is InChI=1S/C16H17N5O/c1-16(2,22)15-17-8-10(9-18-15)11-5-6-12-14(20-11)21-7-3-4-13(21)19-12/h5-6,8-9,22H,3-4,7H2,1-2H3. The minimum Gasteiger partial charge on any atom is -0.382 e. The molecule has 0 saturated carbocycles. The van der Waals surface area contributed by atoms with Gasteiger partial charge in [0.15, 0.2) is 11.5 Å². The number of fused-ring (bicyclic) bond motifs is 3. The molecule has 0 aromatic carbocycles. The van der Waals surface area contributed by atoms with E-state index in [1.165, 1.54) is 0 Å². The summed E-state index contributed by atoms with van der Waals surface area (Å²) in [6, 6.07) is 3.93. The molecule has 0 atom stereocenters. The van der Waals surface area contributed by atoms with Crippen LogP contribution in [0.25, 0.3) is 22.4 Å². The topological polar surface area (TPSA) is 76.7 Å². The zero-order chi connectivity index (χ0) is 15.3. The maximum atomic E-state index is 9.92. The number of hydrogen-bond donors (Lipinski definition) is 1. The maximum absolute atomic E-state index is 9.92. The largest absolute Gasteiger partial charge is 0.382 e. The van der Waals surface area contributed by atoms with E-state index in [-0.39, 0.29) is 0 Å². The monoisotopic (exact) mass is 295 g/mol. The second kappa shape index (κ2) is 4.58. The molecule has 1 aliphatic heterocycles. The van der Waals surface area contributed by atoms with E-state index in [0.29, 0.717) is 5.82 Å². The van der Waals surface area contributed by atoms with E-state index in [2.05, 4.69) is 19.5 Å². The normalized spacial score (nSPS) is 14.5. The quantitative estimate of drug-likeness (QED) is 0.783. The Morgan fingerprint density at radius 2 is 1.91 bits per heavy atom. The predicted octanol–water partition coefficient (Wildman–Crippen LogP) is 2.06. The molecule has 1 N–H and O–H groups in total. The van der Waals surface area contributed by atoms with Crippen molar-refractivity contribution in [3.8, 4) is 11.3 Å². The average molecular weight is 295 g/mol. The summed E-state index contributed by atoms with van der Waals surface area (Å²) in [5, 5.41) is 9.92. The summed E-state index contributed by atoms with van der Waals surface area (Å²) in [4.78, 5) is 17.8. The van der Waals surface area contributed by atoms with Gasteiger partial charge in [0.05, 0.1) is 5.69 Å². The molecule has 0 aliphatic carbocycles. The fourth-order valence-corrected chi connectivity index (χ4v) is 2.81. The van der Waals surface area contributed by atoms with E-state index in [1.807, 2.05) is 12.1 Å². The number of rotatable bonds is 2. The third-order valence-electron chi connectivity index (χ3n) is 3.95. The highest BCUT2D eigenvalue weighted by Crippen LogP contribution is 2.25. The van der Waals surface area contributed by atoms with Gasteiger partial charge >= 0.3 is 0 Å². The van der Waals surface area contributed by atoms with Crippen molar-refractivity contribution in [3.63, 3.8) is 0 Å². The second-order valence-corrected chi connectivity index (χ2v) is 6.18. The number of aryl methyl sites for hydroxylation is 2. The van der Waals surface area contributed by atoms with Crippen molar-refractivity contribution >= 4 is 11.2 Å². The number of imidazole rings is 1. The molecule has 0 amide bonds. The Hall–Kier alpha value is -2.34. The minimum absolute atomic E-state index is 0.405. The van der Waals surface area contributed by atoms with Gasteiger partial charge < -0.3 is 9.67 Å². The fraction of sp³-hybridized carbons (Fsp3) is 0.375. The van der Waals surface area contributed by atoms with Crippen LogP contribution < -0.4 is 0 Å². The van der Waals surface area contributed by atoms with Crippen LogP contribution in [0.4, 0.5) is 0 Å². The van der Waals surface area contributed by atoms with Crippen molar-refractivity contribution in [1.82, 2.24) is 24.5 Å². The second-order valence-electron chi connectivity index (χ2n) is 6.18. The van der Waals surface area contributed by atoms with Crippen LogP contribution in [0.5, 0.6) is 0 Å². The van der Waals surface area contributed by atoms with Gasteiger partial charge in [0.25, 0.3) is 0 Å². The van der Waals surface area contributed by atoms with Crippen molar-refractivity contribution < 1.29 is 5.11 Å². The van der Waals surface area contributed by atoms with Gasteiger partial charge in [0.1, 0.15) is 16.9 Å². The van der Waals surface area contributed by atoms with Crippen molar-refractivity contribution in [2.24, 2.45) is 0 Å². The van der Waals surface area contributed by atoms with E-state index in [1.54, 1.807) is 26.2 Å². The van der Waals surface area contributed by atoms with Gasteiger partial charge in [-0.25, -0.2) is 19.9 Å². The zero-order valence-electron chi connectivity index (χ0n) is 12.6. The van der Waals surface area contributed by atoms with Crippen LogP contribution >= 0.6 is 0 Å². The van der Waals surface area contributed by atoms with Gasteiger partial charge in [-0.3, -0.25) is 0 Å². The van der Waals surface area contributed by atoms with Crippen LogP contribution in [0.1, 0.15) is 31.9 Å². The van der Waals surface area contributed by atoms with E-state index in [4.69, 9.17) is 4.98 Å². The smallest absolute Gasteiger partial charge is 0.160 e.